The third kappa shape index (κ3) is 6.66. The van der Waals surface area contributed by atoms with E-state index in [2.05, 4.69) is 22.5 Å². The van der Waals surface area contributed by atoms with Crippen molar-refractivity contribution in [3.63, 3.8) is 0 Å². The molecule has 0 unspecified atom stereocenters. The van der Waals surface area contributed by atoms with Gasteiger partial charge in [-0.15, -0.1) is 0 Å². The molecule has 1 saturated heterocycles. The van der Waals surface area contributed by atoms with Gasteiger partial charge in [0.2, 0.25) is 0 Å². The molecule has 0 aromatic heterocycles. The zero-order valence-corrected chi connectivity index (χ0v) is 13.6. The zero-order chi connectivity index (χ0) is 14.8. The Kier molecular flexibility index (Phi) is 7.89. The number of hydrogen-bond donors (Lipinski definition) is 2. The number of nitrogens with one attached hydrogen (secondary N) is 2. The van der Waals surface area contributed by atoms with Crippen molar-refractivity contribution < 1.29 is 4.74 Å². The van der Waals surface area contributed by atoms with Crippen molar-refractivity contribution in [2.75, 3.05) is 45.9 Å². The second-order valence-electron chi connectivity index (χ2n) is 6.05. The summed E-state index contributed by atoms with van der Waals surface area (Å²) in [5.74, 6) is 1.01. The Bertz CT molecular complexity index is 297. The standard InChI is InChI=1S/C16H32N4O/c1-2-17-16(19-15-7-4-3-5-8-15)18-9-6-10-20-11-13-21-14-12-20/h15H,2-14H2,1H3,(H2,17,18,19). The van der Waals surface area contributed by atoms with Crippen molar-refractivity contribution in [2.24, 2.45) is 4.99 Å². The average Bonchev–Trinajstić information content (AvgIpc) is 2.54. The molecule has 122 valence electrons. The zero-order valence-electron chi connectivity index (χ0n) is 13.6. The molecule has 2 rings (SSSR count). The molecule has 0 aromatic rings. The summed E-state index contributed by atoms with van der Waals surface area (Å²) in [6, 6.07) is 0.621. The van der Waals surface area contributed by atoms with E-state index in [1.54, 1.807) is 0 Å². The predicted octanol–water partition coefficient (Wildman–Crippen LogP) is 1.60. The maximum Gasteiger partial charge on any atom is 0.191 e. The predicted molar refractivity (Wildman–Crippen MR) is 87.9 cm³/mol. The van der Waals surface area contributed by atoms with Gasteiger partial charge in [-0.2, -0.15) is 0 Å². The van der Waals surface area contributed by atoms with Crippen molar-refractivity contribution in [2.45, 2.75) is 51.5 Å². The minimum Gasteiger partial charge on any atom is -0.379 e. The van der Waals surface area contributed by atoms with Crippen molar-refractivity contribution in [3.05, 3.63) is 0 Å². The van der Waals surface area contributed by atoms with Crippen LogP contribution in [0.4, 0.5) is 0 Å². The molecule has 5 nitrogen and oxygen atoms in total. The Labute approximate surface area is 129 Å². The molecule has 2 N–H and O–H groups in total. The van der Waals surface area contributed by atoms with Crippen LogP contribution < -0.4 is 10.6 Å². The van der Waals surface area contributed by atoms with Gasteiger partial charge in [-0.25, -0.2) is 0 Å². The first-order valence-electron chi connectivity index (χ1n) is 8.73. The summed E-state index contributed by atoms with van der Waals surface area (Å²) in [6.45, 7) is 9.02. The van der Waals surface area contributed by atoms with E-state index in [1.807, 2.05) is 0 Å². The summed E-state index contributed by atoms with van der Waals surface area (Å²) in [5.41, 5.74) is 0. The Morgan fingerprint density at radius 2 is 1.95 bits per heavy atom. The van der Waals surface area contributed by atoms with Crippen molar-refractivity contribution in [3.8, 4) is 0 Å². The van der Waals surface area contributed by atoms with Gasteiger partial charge in [0.1, 0.15) is 0 Å². The summed E-state index contributed by atoms with van der Waals surface area (Å²) in [6.07, 6.45) is 7.81. The van der Waals surface area contributed by atoms with Gasteiger partial charge in [-0.05, 0) is 26.2 Å². The fraction of sp³-hybridized carbons (Fsp3) is 0.938. The van der Waals surface area contributed by atoms with E-state index in [4.69, 9.17) is 9.73 Å². The van der Waals surface area contributed by atoms with Crippen LogP contribution in [0.5, 0.6) is 0 Å². The Morgan fingerprint density at radius 3 is 2.67 bits per heavy atom. The summed E-state index contributed by atoms with van der Waals surface area (Å²) in [5, 5.41) is 6.97. The van der Waals surface area contributed by atoms with E-state index in [0.717, 1.165) is 58.3 Å². The number of ether oxygens (including phenoxy) is 1. The number of hydrogen-bond acceptors (Lipinski definition) is 3. The van der Waals surface area contributed by atoms with Crippen molar-refractivity contribution in [1.29, 1.82) is 0 Å². The lowest BCUT2D eigenvalue weighted by Crippen LogP contribution is -2.44. The van der Waals surface area contributed by atoms with E-state index in [9.17, 15) is 0 Å². The van der Waals surface area contributed by atoms with Gasteiger partial charge >= 0.3 is 0 Å². The summed E-state index contributed by atoms with van der Waals surface area (Å²) in [4.78, 5) is 7.20. The molecule has 0 spiro atoms. The molecule has 2 aliphatic rings. The monoisotopic (exact) mass is 296 g/mol. The van der Waals surface area contributed by atoms with Gasteiger partial charge in [0, 0.05) is 38.8 Å². The lowest BCUT2D eigenvalue weighted by Gasteiger charge is -2.26. The fourth-order valence-electron chi connectivity index (χ4n) is 3.07. The SMILES string of the molecule is CCNC(=NCCCN1CCOCC1)NC1CCCCC1. The third-order valence-electron chi connectivity index (χ3n) is 4.30. The number of morpholine rings is 1. The molecule has 1 heterocycles. The van der Waals surface area contributed by atoms with Crippen molar-refractivity contribution >= 4 is 5.96 Å². The lowest BCUT2D eigenvalue weighted by molar-refractivity contribution is 0.0377. The lowest BCUT2D eigenvalue weighted by atomic mass is 9.96. The molecular formula is C16H32N4O. The first-order valence-corrected chi connectivity index (χ1v) is 8.73. The van der Waals surface area contributed by atoms with Crippen molar-refractivity contribution in [1.82, 2.24) is 15.5 Å². The molecule has 0 bridgehead atoms. The number of guanidine groups is 1. The molecule has 1 aliphatic carbocycles. The Morgan fingerprint density at radius 1 is 1.19 bits per heavy atom. The maximum absolute atomic E-state index is 5.37. The van der Waals surface area contributed by atoms with Crippen LogP contribution in [0.15, 0.2) is 4.99 Å². The number of nitrogens with zero attached hydrogens (tertiary/aromatic N) is 2. The highest BCUT2D eigenvalue weighted by Gasteiger charge is 2.14. The maximum atomic E-state index is 5.37. The van der Waals surface area contributed by atoms with Gasteiger partial charge in [0.05, 0.1) is 13.2 Å². The average molecular weight is 296 g/mol. The molecule has 1 aliphatic heterocycles. The molecule has 0 amide bonds. The minimum atomic E-state index is 0.621. The van der Waals surface area contributed by atoms with Gasteiger partial charge in [0.15, 0.2) is 5.96 Å². The minimum absolute atomic E-state index is 0.621. The third-order valence-corrected chi connectivity index (χ3v) is 4.30. The second-order valence-corrected chi connectivity index (χ2v) is 6.05. The van der Waals surface area contributed by atoms with Crippen LogP contribution in [0.25, 0.3) is 0 Å². The molecule has 5 heteroatoms. The topological polar surface area (TPSA) is 48.9 Å². The first kappa shape index (κ1) is 16.6. The normalized spacial score (nSPS) is 22.2. The van der Waals surface area contributed by atoms with E-state index in [-0.39, 0.29) is 0 Å². The van der Waals surface area contributed by atoms with E-state index >= 15 is 0 Å². The van der Waals surface area contributed by atoms with Crippen LogP contribution in [-0.2, 0) is 4.74 Å². The summed E-state index contributed by atoms with van der Waals surface area (Å²) < 4.78 is 5.37. The number of rotatable bonds is 6. The first-order chi connectivity index (χ1) is 10.4. The quantitative estimate of drug-likeness (QED) is 0.444. The molecule has 21 heavy (non-hydrogen) atoms. The van der Waals surface area contributed by atoms with Gasteiger partial charge < -0.3 is 15.4 Å². The summed E-state index contributed by atoms with van der Waals surface area (Å²) in [7, 11) is 0. The van der Waals surface area contributed by atoms with Crippen LogP contribution in [0.2, 0.25) is 0 Å². The molecular weight excluding hydrogens is 264 g/mol. The van der Waals surface area contributed by atoms with Crippen LogP contribution in [0.1, 0.15) is 45.4 Å². The van der Waals surface area contributed by atoms with Crippen LogP contribution in [0, 0.1) is 0 Å². The number of aliphatic imine (C=N–C) groups is 1. The van der Waals surface area contributed by atoms with Gasteiger partial charge in [-0.1, -0.05) is 19.3 Å². The molecule has 1 saturated carbocycles. The van der Waals surface area contributed by atoms with Crippen LogP contribution in [-0.4, -0.2) is 62.8 Å². The molecule has 0 radical (unpaired) electrons. The largest absolute Gasteiger partial charge is 0.379 e. The fourth-order valence-corrected chi connectivity index (χ4v) is 3.07. The van der Waals surface area contributed by atoms with Crippen LogP contribution in [0.3, 0.4) is 0 Å². The smallest absolute Gasteiger partial charge is 0.191 e. The summed E-state index contributed by atoms with van der Waals surface area (Å²) >= 11 is 0. The second kappa shape index (κ2) is 10.0. The molecule has 0 atom stereocenters. The highest BCUT2D eigenvalue weighted by atomic mass is 16.5. The Hall–Kier alpha value is -0.810. The highest BCUT2D eigenvalue weighted by molar-refractivity contribution is 5.80. The van der Waals surface area contributed by atoms with E-state index < -0.39 is 0 Å². The molecule has 2 fully saturated rings. The van der Waals surface area contributed by atoms with E-state index in [1.165, 1.54) is 32.1 Å². The van der Waals surface area contributed by atoms with E-state index in [0.29, 0.717) is 6.04 Å². The molecule has 0 aromatic carbocycles. The van der Waals surface area contributed by atoms with Crippen LogP contribution >= 0.6 is 0 Å². The highest BCUT2D eigenvalue weighted by Crippen LogP contribution is 2.17. The van der Waals surface area contributed by atoms with Gasteiger partial charge in [-0.3, -0.25) is 9.89 Å². The van der Waals surface area contributed by atoms with Gasteiger partial charge in [0.25, 0.3) is 0 Å². The Balaban J connectivity index is 1.66.